The van der Waals surface area contributed by atoms with Crippen LogP contribution in [0.25, 0.3) is 16.7 Å². The molecule has 0 saturated heterocycles. The lowest BCUT2D eigenvalue weighted by Gasteiger charge is -2.04. The number of halogens is 3. The highest BCUT2D eigenvalue weighted by Crippen LogP contribution is 2.23. The summed E-state index contributed by atoms with van der Waals surface area (Å²) >= 11 is 0. The van der Waals surface area contributed by atoms with Gasteiger partial charge < -0.3 is 10.2 Å². The third kappa shape index (κ3) is 3.19. The van der Waals surface area contributed by atoms with Gasteiger partial charge in [-0.3, -0.25) is 0 Å². The molecule has 0 fully saturated rings. The van der Waals surface area contributed by atoms with Gasteiger partial charge in [0.25, 0.3) is 0 Å². The molecule has 2 N–H and O–H groups in total. The minimum Gasteiger partial charge on any atom is -0.464 e. The fraction of sp³-hybridized carbons (Fsp3) is 0.0909. The van der Waals surface area contributed by atoms with Gasteiger partial charge in [0, 0.05) is 17.5 Å². The molecule has 3 rings (SSSR count). The predicted molar refractivity (Wildman–Crippen MR) is 80.8 cm³/mol. The number of fused-ring (bicyclic) bond motifs is 1. The monoisotopic (exact) mass is 322 g/mol. The highest BCUT2D eigenvalue weighted by atomic mass is 35.5. The van der Waals surface area contributed by atoms with E-state index in [0.717, 1.165) is 22.2 Å². The zero-order valence-electron chi connectivity index (χ0n) is 9.72. The fourth-order valence-electron chi connectivity index (χ4n) is 1.76. The summed E-state index contributed by atoms with van der Waals surface area (Å²) < 4.78 is 7.09. The third-order valence-corrected chi connectivity index (χ3v) is 2.52. The van der Waals surface area contributed by atoms with Gasteiger partial charge in [-0.05, 0) is 18.2 Å². The zero-order chi connectivity index (χ0) is 11.0. The van der Waals surface area contributed by atoms with E-state index >= 15 is 0 Å². The Morgan fingerprint density at radius 3 is 2.63 bits per heavy atom. The first-order valence-corrected chi connectivity index (χ1v) is 4.93. The quantitative estimate of drug-likeness (QED) is 0.787. The normalized spacial score (nSPS) is 9.32. The van der Waals surface area contributed by atoms with E-state index in [4.69, 9.17) is 10.2 Å². The van der Waals surface area contributed by atoms with Gasteiger partial charge in [-0.2, -0.15) is 5.10 Å². The van der Waals surface area contributed by atoms with Gasteiger partial charge >= 0.3 is 0 Å². The topological polar surface area (TPSA) is 69.9 Å². The maximum Gasteiger partial charge on any atom is 0.138 e. The van der Waals surface area contributed by atoms with E-state index in [0.29, 0.717) is 6.54 Å². The molecule has 0 amide bonds. The fourth-order valence-corrected chi connectivity index (χ4v) is 1.76. The first-order chi connectivity index (χ1) is 7.88. The van der Waals surface area contributed by atoms with Crippen LogP contribution in [-0.4, -0.2) is 14.8 Å². The molecule has 0 aliphatic carbocycles. The van der Waals surface area contributed by atoms with E-state index in [1.165, 1.54) is 6.33 Å². The molecule has 0 aliphatic heterocycles. The van der Waals surface area contributed by atoms with Gasteiger partial charge in [-0.15, -0.1) is 37.2 Å². The molecule has 2 heterocycles. The molecular formula is C11H13Cl3N4O. The molecule has 8 heteroatoms. The minimum atomic E-state index is 0. The molecule has 0 radical (unpaired) electrons. The smallest absolute Gasteiger partial charge is 0.138 e. The maximum atomic E-state index is 5.69. The summed E-state index contributed by atoms with van der Waals surface area (Å²) in [6, 6.07) is 5.86. The Labute approximate surface area is 128 Å². The second-order valence-electron chi connectivity index (χ2n) is 3.49. The van der Waals surface area contributed by atoms with E-state index in [-0.39, 0.29) is 37.2 Å². The predicted octanol–water partition coefficient (Wildman–Crippen LogP) is 2.74. The van der Waals surface area contributed by atoms with E-state index in [1.807, 2.05) is 18.2 Å². The van der Waals surface area contributed by atoms with Crippen LogP contribution in [0.15, 0.2) is 41.5 Å². The number of hydrogen-bond acceptors (Lipinski definition) is 4. The number of benzene rings is 1. The van der Waals surface area contributed by atoms with Gasteiger partial charge in [-0.1, -0.05) is 0 Å². The lowest BCUT2D eigenvalue weighted by atomic mass is 10.1. The van der Waals surface area contributed by atoms with Crippen molar-refractivity contribution < 1.29 is 4.42 Å². The van der Waals surface area contributed by atoms with E-state index in [1.54, 1.807) is 17.3 Å². The Hall–Kier alpha value is -1.27. The van der Waals surface area contributed by atoms with Crippen molar-refractivity contribution in [3.05, 3.63) is 42.7 Å². The van der Waals surface area contributed by atoms with Gasteiger partial charge in [0.05, 0.1) is 12.0 Å². The van der Waals surface area contributed by atoms with Crippen molar-refractivity contribution in [2.45, 2.75) is 6.54 Å². The van der Waals surface area contributed by atoms with Gasteiger partial charge in [0.1, 0.15) is 18.2 Å². The average molecular weight is 324 g/mol. The lowest BCUT2D eigenvalue weighted by Crippen LogP contribution is -2.00. The lowest BCUT2D eigenvalue weighted by molar-refractivity contribution is 0.611. The van der Waals surface area contributed by atoms with Gasteiger partial charge in [0.2, 0.25) is 0 Å². The maximum absolute atomic E-state index is 5.69. The van der Waals surface area contributed by atoms with Crippen molar-refractivity contribution in [1.29, 1.82) is 0 Å². The summed E-state index contributed by atoms with van der Waals surface area (Å²) in [7, 11) is 0. The molecule has 0 saturated carbocycles. The highest BCUT2D eigenvalue weighted by Gasteiger charge is 2.07. The van der Waals surface area contributed by atoms with Crippen LogP contribution >= 0.6 is 37.2 Å². The summed E-state index contributed by atoms with van der Waals surface area (Å²) in [6.07, 6.45) is 4.82. The molecule has 19 heavy (non-hydrogen) atoms. The number of rotatable bonds is 2. The van der Waals surface area contributed by atoms with Crippen LogP contribution in [0.2, 0.25) is 0 Å². The van der Waals surface area contributed by atoms with Crippen molar-refractivity contribution in [2.24, 2.45) is 5.73 Å². The van der Waals surface area contributed by atoms with Crippen molar-refractivity contribution in [3.8, 4) is 5.69 Å². The molecule has 2 aromatic heterocycles. The first-order valence-electron chi connectivity index (χ1n) is 4.93. The molecule has 0 bridgehead atoms. The summed E-state index contributed by atoms with van der Waals surface area (Å²) in [5.74, 6) is 0. The van der Waals surface area contributed by atoms with Gasteiger partial charge in [0.15, 0.2) is 0 Å². The number of nitrogens with zero attached hydrogens (tertiary/aromatic N) is 3. The number of hydrogen-bond donors (Lipinski definition) is 1. The SMILES string of the molecule is Cl.Cl.Cl.NCc1cc(-n2cncn2)cc2ccoc12. The zero-order valence-corrected chi connectivity index (χ0v) is 12.2. The largest absolute Gasteiger partial charge is 0.464 e. The molecule has 0 unspecified atom stereocenters. The van der Waals surface area contributed by atoms with Crippen LogP contribution in [-0.2, 0) is 6.54 Å². The van der Waals surface area contributed by atoms with Crippen molar-refractivity contribution in [2.75, 3.05) is 0 Å². The second-order valence-corrected chi connectivity index (χ2v) is 3.49. The van der Waals surface area contributed by atoms with E-state index in [9.17, 15) is 0 Å². The minimum absolute atomic E-state index is 0. The average Bonchev–Trinajstić information content (AvgIpc) is 2.97. The van der Waals surface area contributed by atoms with Crippen molar-refractivity contribution in [3.63, 3.8) is 0 Å². The number of aromatic nitrogens is 3. The number of nitrogens with two attached hydrogens (primary N) is 1. The van der Waals surface area contributed by atoms with Crippen LogP contribution < -0.4 is 5.73 Å². The van der Waals surface area contributed by atoms with Gasteiger partial charge in [-0.25, -0.2) is 9.67 Å². The molecular weight excluding hydrogens is 311 g/mol. The molecule has 1 aromatic carbocycles. The Morgan fingerprint density at radius 1 is 1.21 bits per heavy atom. The van der Waals surface area contributed by atoms with Crippen molar-refractivity contribution >= 4 is 48.2 Å². The molecule has 5 nitrogen and oxygen atoms in total. The Morgan fingerprint density at radius 2 is 2.00 bits per heavy atom. The van der Waals surface area contributed by atoms with E-state index < -0.39 is 0 Å². The summed E-state index contributed by atoms with van der Waals surface area (Å²) in [4.78, 5) is 3.92. The molecule has 3 aromatic rings. The highest BCUT2D eigenvalue weighted by molar-refractivity contribution is 5.86. The molecule has 104 valence electrons. The third-order valence-electron chi connectivity index (χ3n) is 2.52. The van der Waals surface area contributed by atoms with Crippen LogP contribution in [0.3, 0.4) is 0 Å². The van der Waals surface area contributed by atoms with Crippen LogP contribution in [0.5, 0.6) is 0 Å². The first kappa shape index (κ1) is 17.7. The Bertz CT molecular complexity index is 624. The second kappa shape index (κ2) is 7.35. The standard InChI is InChI=1S/C11H10N4O.3ClH/c12-5-9-4-10(15-7-13-6-14-15)3-8-1-2-16-11(8)9;;;/h1-4,6-7H,5,12H2;3*1H. The van der Waals surface area contributed by atoms with Crippen molar-refractivity contribution in [1.82, 2.24) is 14.8 Å². The molecule has 0 spiro atoms. The Kier molecular flexibility index (Phi) is 6.86. The number of furan rings is 1. The van der Waals surface area contributed by atoms with Crippen LogP contribution in [0.1, 0.15) is 5.56 Å². The summed E-state index contributed by atoms with van der Waals surface area (Å²) in [5.41, 5.74) is 8.43. The summed E-state index contributed by atoms with van der Waals surface area (Å²) in [5, 5.41) is 5.11. The van der Waals surface area contributed by atoms with Crippen LogP contribution in [0, 0.1) is 0 Å². The molecule has 0 aliphatic rings. The molecule has 0 atom stereocenters. The summed E-state index contributed by atoms with van der Waals surface area (Å²) in [6.45, 7) is 0.437. The van der Waals surface area contributed by atoms with Crippen LogP contribution in [0.4, 0.5) is 0 Å². The Balaban J connectivity index is 0.00000108. The van der Waals surface area contributed by atoms with E-state index in [2.05, 4.69) is 10.1 Å².